The van der Waals surface area contributed by atoms with E-state index in [4.69, 9.17) is 4.74 Å². The minimum atomic E-state index is 0.127. The first-order valence-corrected chi connectivity index (χ1v) is 9.08. The van der Waals surface area contributed by atoms with Gasteiger partial charge in [-0.05, 0) is 38.1 Å². The summed E-state index contributed by atoms with van der Waals surface area (Å²) in [6.07, 6.45) is 2.78. The van der Waals surface area contributed by atoms with E-state index >= 15 is 0 Å². The van der Waals surface area contributed by atoms with Crippen LogP contribution in [0, 0.1) is 6.92 Å². The molecule has 0 aliphatic rings. The van der Waals surface area contributed by atoms with E-state index in [9.17, 15) is 4.79 Å². The van der Waals surface area contributed by atoms with Gasteiger partial charge in [0, 0.05) is 29.2 Å². The zero-order valence-corrected chi connectivity index (χ0v) is 15.7. The number of ether oxygens (including phenoxy) is 1. The van der Waals surface area contributed by atoms with Crippen LogP contribution in [-0.2, 0) is 6.42 Å². The van der Waals surface area contributed by atoms with Crippen molar-refractivity contribution in [3.05, 3.63) is 65.4 Å². The summed E-state index contributed by atoms with van der Waals surface area (Å²) in [4.78, 5) is 18.0. The number of carbonyl (C=O) groups is 1. The molecule has 1 heterocycles. The number of Topliss-reactive ketones (excluding diaryl/α,β-unsaturated/α-hetero) is 1. The van der Waals surface area contributed by atoms with Crippen molar-refractivity contribution in [3.63, 3.8) is 0 Å². The van der Waals surface area contributed by atoms with Crippen molar-refractivity contribution in [1.29, 1.82) is 0 Å². The van der Waals surface area contributed by atoms with Crippen LogP contribution in [0.5, 0.6) is 5.75 Å². The average Bonchev–Trinajstić information content (AvgIpc) is 3.07. The maximum absolute atomic E-state index is 12.7. The molecule has 0 fully saturated rings. The van der Waals surface area contributed by atoms with Crippen LogP contribution in [0.25, 0.3) is 10.9 Å². The van der Waals surface area contributed by atoms with Gasteiger partial charge in [-0.3, -0.25) is 9.69 Å². The average molecular weight is 350 g/mol. The molecule has 0 aliphatic carbocycles. The van der Waals surface area contributed by atoms with Crippen LogP contribution in [0.1, 0.15) is 28.4 Å². The molecule has 0 atom stereocenters. The lowest BCUT2D eigenvalue weighted by molar-refractivity contribution is 0.0940. The van der Waals surface area contributed by atoms with Crippen LogP contribution in [0.3, 0.4) is 0 Å². The summed E-state index contributed by atoms with van der Waals surface area (Å²) in [7, 11) is 1.95. The molecule has 0 spiro atoms. The lowest BCUT2D eigenvalue weighted by Crippen LogP contribution is -2.29. The van der Waals surface area contributed by atoms with E-state index in [-0.39, 0.29) is 5.78 Å². The molecule has 0 saturated heterocycles. The van der Waals surface area contributed by atoms with E-state index in [0.29, 0.717) is 19.7 Å². The van der Waals surface area contributed by atoms with Crippen molar-refractivity contribution < 1.29 is 9.53 Å². The summed E-state index contributed by atoms with van der Waals surface area (Å²) in [5.41, 5.74) is 4.29. The van der Waals surface area contributed by atoms with Gasteiger partial charge in [0.2, 0.25) is 0 Å². The number of nitrogens with zero attached hydrogens (tertiary/aromatic N) is 1. The van der Waals surface area contributed by atoms with Gasteiger partial charge in [-0.25, -0.2) is 0 Å². The van der Waals surface area contributed by atoms with E-state index < -0.39 is 0 Å². The Morgan fingerprint density at radius 2 is 1.92 bits per heavy atom. The molecular formula is C22H26N2O2. The van der Waals surface area contributed by atoms with Gasteiger partial charge in [0.1, 0.15) is 12.4 Å². The number of hydrogen-bond donors (Lipinski definition) is 1. The molecule has 1 aromatic heterocycles. The number of aromatic amines is 1. The molecule has 2 aromatic carbocycles. The molecule has 1 N–H and O–H groups in total. The Bertz CT molecular complexity index is 881. The molecule has 0 aliphatic heterocycles. The Morgan fingerprint density at radius 1 is 1.15 bits per heavy atom. The van der Waals surface area contributed by atoms with Gasteiger partial charge in [0.15, 0.2) is 5.78 Å². The predicted octanol–water partition coefficient (Wildman–Crippen LogP) is 4.23. The molecule has 0 radical (unpaired) electrons. The first-order valence-electron chi connectivity index (χ1n) is 9.08. The van der Waals surface area contributed by atoms with E-state index in [2.05, 4.69) is 24.9 Å². The van der Waals surface area contributed by atoms with Gasteiger partial charge in [-0.15, -0.1) is 0 Å². The number of aryl methyl sites for hydroxylation is 2. The summed E-state index contributed by atoms with van der Waals surface area (Å²) in [6.45, 7) is 5.81. The highest BCUT2D eigenvalue weighted by molar-refractivity contribution is 6.09. The molecule has 0 amide bonds. The fourth-order valence-corrected chi connectivity index (χ4v) is 3.11. The SMILES string of the molecule is CCc1cccc2c(C(=O)CN(C)CCOc3ccc(C)cc3)c[nH]c12. The quantitative estimate of drug-likeness (QED) is 0.618. The summed E-state index contributed by atoms with van der Waals surface area (Å²) in [5.74, 6) is 0.987. The number of ketones is 1. The Kier molecular flexibility index (Phi) is 5.74. The van der Waals surface area contributed by atoms with Crippen molar-refractivity contribution in [3.8, 4) is 5.75 Å². The zero-order valence-electron chi connectivity index (χ0n) is 15.7. The number of carbonyl (C=O) groups excluding carboxylic acids is 1. The van der Waals surface area contributed by atoms with Crippen LogP contribution in [0.15, 0.2) is 48.7 Å². The number of likely N-dealkylation sites (N-methyl/N-ethyl adjacent to an activating group) is 1. The Hall–Kier alpha value is -2.59. The van der Waals surface area contributed by atoms with Crippen LogP contribution in [0.4, 0.5) is 0 Å². The van der Waals surface area contributed by atoms with Gasteiger partial charge >= 0.3 is 0 Å². The van der Waals surface area contributed by atoms with Crippen LogP contribution >= 0.6 is 0 Å². The monoisotopic (exact) mass is 350 g/mol. The fourth-order valence-electron chi connectivity index (χ4n) is 3.11. The highest BCUT2D eigenvalue weighted by atomic mass is 16.5. The lowest BCUT2D eigenvalue weighted by Gasteiger charge is -2.16. The van der Waals surface area contributed by atoms with E-state index in [1.807, 2.05) is 54.5 Å². The third kappa shape index (κ3) is 4.14. The second-order valence-electron chi connectivity index (χ2n) is 6.72. The highest BCUT2D eigenvalue weighted by Crippen LogP contribution is 2.22. The number of H-pyrrole nitrogens is 1. The largest absolute Gasteiger partial charge is 0.492 e. The normalized spacial score (nSPS) is 11.2. The molecule has 26 heavy (non-hydrogen) atoms. The number of fused-ring (bicyclic) bond motifs is 1. The maximum atomic E-state index is 12.7. The van der Waals surface area contributed by atoms with Crippen molar-refractivity contribution in [1.82, 2.24) is 9.88 Å². The number of benzene rings is 2. The standard InChI is InChI=1S/C22H26N2O2/c1-4-17-6-5-7-19-20(14-23-22(17)19)21(25)15-24(3)12-13-26-18-10-8-16(2)9-11-18/h5-11,14,23H,4,12-13,15H2,1-3H3. The summed E-state index contributed by atoms with van der Waals surface area (Å²) in [6, 6.07) is 14.1. The first kappa shape index (κ1) is 18.2. The minimum absolute atomic E-state index is 0.127. The summed E-state index contributed by atoms with van der Waals surface area (Å²) >= 11 is 0. The third-order valence-corrected chi connectivity index (χ3v) is 4.66. The van der Waals surface area contributed by atoms with Crippen LogP contribution < -0.4 is 4.74 Å². The molecule has 0 unspecified atom stereocenters. The summed E-state index contributed by atoms with van der Waals surface area (Å²) < 4.78 is 5.75. The predicted molar refractivity (Wildman–Crippen MR) is 106 cm³/mol. The van der Waals surface area contributed by atoms with Crippen molar-refractivity contribution in [2.75, 3.05) is 26.7 Å². The molecule has 0 bridgehead atoms. The van der Waals surface area contributed by atoms with Gasteiger partial charge in [-0.1, -0.05) is 42.8 Å². The first-order chi connectivity index (χ1) is 12.6. The van der Waals surface area contributed by atoms with Crippen LogP contribution in [-0.4, -0.2) is 42.4 Å². The molecule has 3 rings (SSSR count). The molecule has 136 valence electrons. The number of hydrogen-bond acceptors (Lipinski definition) is 3. The maximum Gasteiger partial charge on any atom is 0.178 e. The zero-order chi connectivity index (χ0) is 18.5. The third-order valence-electron chi connectivity index (χ3n) is 4.66. The Labute approximate surface area is 154 Å². The van der Waals surface area contributed by atoms with E-state index in [1.165, 1.54) is 11.1 Å². The van der Waals surface area contributed by atoms with Crippen molar-refractivity contribution in [2.24, 2.45) is 0 Å². The molecule has 4 nitrogen and oxygen atoms in total. The van der Waals surface area contributed by atoms with Gasteiger partial charge in [0.05, 0.1) is 6.54 Å². The summed E-state index contributed by atoms with van der Waals surface area (Å²) in [5, 5.41) is 1.01. The topological polar surface area (TPSA) is 45.3 Å². The molecule has 3 aromatic rings. The van der Waals surface area contributed by atoms with Crippen molar-refractivity contribution >= 4 is 16.7 Å². The number of para-hydroxylation sites is 1. The van der Waals surface area contributed by atoms with Gasteiger partial charge in [-0.2, -0.15) is 0 Å². The molecular weight excluding hydrogens is 324 g/mol. The Balaban J connectivity index is 1.56. The molecule has 0 saturated carbocycles. The minimum Gasteiger partial charge on any atom is -0.492 e. The Morgan fingerprint density at radius 3 is 2.65 bits per heavy atom. The second kappa shape index (κ2) is 8.19. The van der Waals surface area contributed by atoms with Gasteiger partial charge < -0.3 is 9.72 Å². The van der Waals surface area contributed by atoms with E-state index in [1.54, 1.807) is 0 Å². The van der Waals surface area contributed by atoms with Crippen LogP contribution in [0.2, 0.25) is 0 Å². The van der Waals surface area contributed by atoms with Gasteiger partial charge in [0.25, 0.3) is 0 Å². The number of nitrogens with one attached hydrogen (secondary N) is 1. The van der Waals surface area contributed by atoms with Crippen molar-refractivity contribution in [2.45, 2.75) is 20.3 Å². The second-order valence-corrected chi connectivity index (χ2v) is 6.72. The number of aromatic nitrogens is 1. The molecule has 4 heteroatoms. The lowest BCUT2D eigenvalue weighted by atomic mass is 10.0. The van der Waals surface area contributed by atoms with E-state index in [0.717, 1.165) is 28.6 Å². The number of rotatable bonds is 8. The highest BCUT2D eigenvalue weighted by Gasteiger charge is 2.15. The smallest absolute Gasteiger partial charge is 0.178 e. The fraction of sp³-hybridized carbons (Fsp3) is 0.318.